The van der Waals surface area contributed by atoms with Gasteiger partial charge in [0.25, 0.3) is 0 Å². The number of fused-ring (bicyclic) bond motifs is 1. The van der Waals surface area contributed by atoms with Crippen molar-refractivity contribution in [2.75, 3.05) is 32.7 Å². The van der Waals surface area contributed by atoms with E-state index in [9.17, 15) is 4.79 Å². The number of para-hydroxylation sites is 1. The minimum Gasteiger partial charge on any atom is -0.454 e. The zero-order valence-electron chi connectivity index (χ0n) is 13.8. The van der Waals surface area contributed by atoms with Crippen molar-refractivity contribution in [3.63, 3.8) is 0 Å². The molecule has 2 aromatic carbocycles. The van der Waals surface area contributed by atoms with Crippen LogP contribution in [-0.4, -0.2) is 38.4 Å². The normalized spacial score (nSPS) is 13.6. The Labute approximate surface area is 141 Å². The molecule has 3 rings (SSSR count). The summed E-state index contributed by atoms with van der Waals surface area (Å²) in [6, 6.07) is 15.0. The van der Waals surface area contributed by atoms with Crippen LogP contribution in [-0.2, 0) is 0 Å². The van der Waals surface area contributed by atoms with Gasteiger partial charge in [0.1, 0.15) is 0 Å². The molecule has 1 atom stereocenters. The molecule has 1 heterocycles. The first kappa shape index (κ1) is 16.1. The zero-order valence-corrected chi connectivity index (χ0v) is 13.8. The van der Waals surface area contributed by atoms with Gasteiger partial charge in [0.15, 0.2) is 11.5 Å². The lowest BCUT2D eigenvalue weighted by atomic mass is 10.1. The molecule has 0 saturated carbocycles. The lowest BCUT2D eigenvalue weighted by Gasteiger charge is -2.25. The molecule has 6 nitrogen and oxygen atoms in total. The molecule has 6 heteroatoms. The second-order valence-corrected chi connectivity index (χ2v) is 5.79. The van der Waals surface area contributed by atoms with Gasteiger partial charge >= 0.3 is 6.03 Å². The predicted octanol–water partition coefficient (Wildman–Crippen LogP) is 2.84. The van der Waals surface area contributed by atoms with Crippen LogP contribution in [0.1, 0.15) is 11.6 Å². The highest BCUT2D eigenvalue weighted by Gasteiger charge is 2.20. The molecule has 0 spiro atoms. The van der Waals surface area contributed by atoms with Crippen molar-refractivity contribution >= 4 is 11.7 Å². The van der Waals surface area contributed by atoms with Crippen molar-refractivity contribution in [3.05, 3.63) is 54.1 Å². The molecule has 0 bridgehead atoms. The highest BCUT2D eigenvalue weighted by atomic mass is 16.7. The van der Waals surface area contributed by atoms with E-state index in [2.05, 4.69) is 15.5 Å². The number of urea groups is 1. The van der Waals surface area contributed by atoms with E-state index in [1.54, 1.807) is 0 Å². The Hall–Kier alpha value is -2.73. The number of ether oxygens (including phenoxy) is 2. The number of nitrogens with one attached hydrogen (secondary N) is 2. The van der Waals surface area contributed by atoms with Crippen molar-refractivity contribution in [2.24, 2.45) is 0 Å². The lowest BCUT2D eigenvalue weighted by Crippen LogP contribution is -2.36. The van der Waals surface area contributed by atoms with Crippen LogP contribution in [0.25, 0.3) is 0 Å². The van der Waals surface area contributed by atoms with Gasteiger partial charge in [-0.3, -0.25) is 0 Å². The number of carbonyl (C=O) groups excluding carboxylic acids is 1. The Bertz CT molecular complexity index is 704. The third-order valence-electron chi connectivity index (χ3n) is 3.89. The van der Waals surface area contributed by atoms with E-state index in [0.29, 0.717) is 6.54 Å². The smallest absolute Gasteiger partial charge is 0.319 e. The number of anilines is 1. The summed E-state index contributed by atoms with van der Waals surface area (Å²) in [7, 11) is 3.96. The number of hydrogen-bond donors (Lipinski definition) is 2. The Balaban J connectivity index is 1.63. The maximum Gasteiger partial charge on any atom is 0.319 e. The second-order valence-electron chi connectivity index (χ2n) is 5.79. The van der Waals surface area contributed by atoms with E-state index in [1.807, 2.05) is 62.6 Å². The predicted molar refractivity (Wildman–Crippen MR) is 92.5 cm³/mol. The van der Waals surface area contributed by atoms with Crippen molar-refractivity contribution in [3.8, 4) is 11.5 Å². The molecular weight excluding hydrogens is 306 g/mol. The van der Waals surface area contributed by atoms with Gasteiger partial charge in [0, 0.05) is 12.2 Å². The van der Waals surface area contributed by atoms with Crippen LogP contribution in [0.5, 0.6) is 11.5 Å². The fraction of sp³-hybridized carbons (Fsp3) is 0.278. The second kappa shape index (κ2) is 7.23. The molecule has 2 aromatic rings. The summed E-state index contributed by atoms with van der Waals surface area (Å²) in [4.78, 5) is 14.1. The summed E-state index contributed by atoms with van der Waals surface area (Å²) in [5.41, 5.74) is 1.82. The highest BCUT2D eigenvalue weighted by Crippen LogP contribution is 2.34. The van der Waals surface area contributed by atoms with Crippen LogP contribution in [0.15, 0.2) is 48.5 Å². The molecule has 0 fully saturated rings. The number of rotatable bonds is 5. The van der Waals surface area contributed by atoms with Gasteiger partial charge in [0.05, 0.1) is 6.04 Å². The Morgan fingerprint density at radius 3 is 2.62 bits per heavy atom. The van der Waals surface area contributed by atoms with Crippen LogP contribution in [0.4, 0.5) is 10.5 Å². The molecule has 2 amide bonds. The number of amides is 2. The molecule has 0 aromatic heterocycles. The molecule has 1 aliphatic heterocycles. The molecule has 24 heavy (non-hydrogen) atoms. The first-order valence-corrected chi connectivity index (χ1v) is 7.79. The van der Waals surface area contributed by atoms with E-state index < -0.39 is 0 Å². The van der Waals surface area contributed by atoms with Gasteiger partial charge in [0.2, 0.25) is 6.79 Å². The fourth-order valence-corrected chi connectivity index (χ4v) is 2.61. The molecule has 1 unspecified atom stereocenters. The van der Waals surface area contributed by atoms with E-state index in [4.69, 9.17) is 9.47 Å². The van der Waals surface area contributed by atoms with Gasteiger partial charge in [-0.05, 0) is 43.9 Å². The van der Waals surface area contributed by atoms with Crippen LogP contribution in [0, 0.1) is 0 Å². The van der Waals surface area contributed by atoms with Crippen LogP contribution < -0.4 is 20.1 Å². The molecule has 0 radical (unpaired) electrons. The molecule has 2 N–H and O–H groups in total. The molecular formula is C18H21N3O3. The number of hydrogen-bond acceptors (Lipinski definition) is 4. The first-order chi connectivity index (χ1) is 11.6. The maximum atomic E-state index is 12.1. The average Bonchev–Trinajstić information content (AvgIpc) is 3.03. The Morgan fingerprint density at radius 1 is 1.12 bits per heavy atom. The molecule has 126 valence electrons. The monoisotopic (exact) mass is 327 g/mol. The number of carbonyl (C=O) groups is 1. The van der Waals surface area contributed by atoms with Gasteiger partial charge < -0.3 is 25.0 Å². The van der Waals surface area contributed by atoms with E-state index in [1.165, 1.54) is 0 Å². The first-order valence-electron chi connectivity index (χ1n) is 7.79. The lowest BCUT2D eigenvalue weighted by molar-refractivity contribution is 0.174. The van der Waals surface area contributed by atoms with Crippen LogP contribution >= 0.6 is 0 Å². The highest BCUT2D eigenvalue weighted by molar-refractivity contribution is 5.89. The quantitative estimate of drug-likeness (QED) is 0.886. The number of likely N-dealkylation sites (N-methyl/N-ethyl adjacent to an activating group) is 1. The van der Waals surface area contributed by atoms with E-state index in [0.717, 1.165) is 22.7 Å². The van der Waals surface area contributed by atoms with Gasteiger partial charge in [-0.15, -0.1) is 0 Å². The zero-order chi connectivity index (χ0) is 16.9. The summed E-state index contributed by atoms with van der Waals surface area (Å²) in [5.74, 6) is 1.50. The average molecular weight is 327 g/mol. The molecule has 0 saturated heterocycles. The summed E-state index contributed by atoms with van der Waals surface area (Å²) in [5, 5.41) is 5.73. The minimum atomic E-state index is -0.228. The van der Waals surface area contributed by atoms with Crippen LogP contribution in [0.2, 0.25) is 0 Å². The van der Waals surface area contributed by atoms with Crippen molar-refractivity contribution < 1.29 is 14.3 Å². The largest absolute Gasteiger partial charge is 0.454 e. The summed E-state index contributed by atoms with van der Waals surface area (Å²) < 4.78 is 10.8. The Morgan fingerprint density at radius 2 is 1.88 bits per heavy atom. The summed E-state index contributed by atoms with van der Waals surface area (Å²) in [6.45, 7) is 0.731. The fourth-order valence-electron chi connectivity index (χ4n) is 2.61. The third kappa shape index (κ3) is 3.78. The molecule has 1 aliphatic rings. The van der Waals surface area contributed by atoms with Gasteiger partial charge in [-0.1, -0.05) is 24.3 Å². The van der Waals surface area contributed by atoms with Crippen molar-refractivity contribution in [2.45, 2.75) is 6.04 Å². The number of nitrogens with zero attached hydrogens (tertiary/aromatic N) is 1. The maximum absolute atomic E-state index is 12.1. The number of benzene rings is 2. The van der Waals surface area contributed by atoms with Crippen LogP contribution in [0.3, 0.4) is 0 Å². The van der Waals surface area contributed by atoms with Crippen molar-refractivity contribution in [1.82, 2.24) is 10.2 Å². The van der Waals surface area contributed by atoms with Gasteiger partial charge in [-0.2, -0.15) is 0 Å². The standard InChI is InChI=1S/C18H21N3O3/c1-21(2)15(13-8-9-16-17(10-13)24-12-23-16)11-19-18(22)20-14-6-4-3-5-7-14/h3-10,15H,11-12H2,1-2H3,(H2,19,20,22). The minimum absolute atomic E-state index is 0.0287. The summed E-state index contributed by atoms with van der Waals surface area (Å²) in [6.07, 6.45) is 0. The summed E-state index contributed by atoms with van der Waals surface area (Å²) >= 11 is 0. The van der Waals surface area contributed by atoms with E-state index in [-0.39, 0.29) is 18.9 Å². The third-order valence-corrected chi connectivity index (χ3v) is 3.89. The van der Waals surface area contributed by atoms with E-state index >= 15 is 0 Å². The Kier molecular flexibility index (Phi) is 4.86. The SMILES string of the molecule is CN(C)C(CNC(=O)Nc1ccccc1)c1ccc2c(c1)OCO2. The topological polar surface area (TPSA) is 62.8 Å². The van der Waals surface area contributed by atoms with Crippen molar-refractivity contribution in [1.29, 1.82) is 0 Å². The van der Waals surface area contributed by atoms with Gasteiger partial charge in [-0.25, -0.2) is 4.79 Å². The molecule has 0 aliphatic carbocycles.